The first-order valence-corrected chi connectivity index (χ1v) is 6.89. The SMILES string of the molecule is CC(CS)S(=O)(=O)OC(=O)[C@@H]1CCCN1. The van der Waals surface area contributed by atoms with Crippen molar-refractivity contribution in [3.63, 3.8) is 0 Å². The smallest absolute Gasteiger partial charge is 0.338 e. The highest BCUT2D eigenvalue weighted by molar-refractivity contribution is 7.89. The Labute approximate surface area is 95.1 Å². The molecule has 0 amide bonds. The summed E-state index contributed by atoms with van der Waals surface area (Å²) in [6, 6.07) is -0.480. The number of thiol groups is 1. The third-order valence-electron chi connectivity index (χ3n) is 2.29. The van der Waals surface area contributed by atoms with Crippen LogP contribution in [0.1, 0.15) is 19.8 Å². The lowest BCUT2D eigenvalue weighted by atomic mass is 10.2. The molecule has 5 nitrogen and oxygen atoms in total. The van der Waals surface area contributed by atoms with Gasteiger partial charge in [-0.05, 0) is 26.3 Å². The van der Waals surface area contributed by atoms with Crippen molar-refractivity contribution >= 4 is 28.7 Å². The second-order valence-electron chi connectivity index (χ2n) is 3.54. The number of carbonyl (C=O) groups excluding carboxylic acids is 1. The Hall–Kier alpha value is -0.270. The van der Waals surface area contributed by atoms with Crippen LogP contribution >= 0.6 is 12.6 Å². The van der Waals surface area contributed by atoms with Crippen molar-refractivity contribution in [1.82, 2.24) is 5.32 Å². The molecule has 0 aromatic carbocycles. The minimum absolute atomic E-state index is 0.133. The van der Waals surface area contributed by atoms with Crippen molar-refractivity contribution in [2.45, 2.75) is 31.1 Å². The maximum atomic E-state index is 11.4. The van der Waals surface area contributed by atoms with Crippen LogP contribution in [0.4, 0.5) is 0 Å². The fraction of sp³-hybridized carbons (Fsp3) is 0.875. The van der Waals surface area contributed by atoms with Crippen molar-refractivity contribution < 1.29 is 17.4 Å². The first-order chi connectivity index (χ1) is 6.97. The maximum Gasteiger partial charge on any atom is 0.338 e. The second-order valence-corrected chi connectivity index (χ2v) is 5.86. The second kappa shape index (κ2) is 5.18. The fourth-order valence-corrected chi connectivity index (χ4v) is 2.47. The molecule has 1 aliphatic rings. The van der Waals surface area contributed by atoms with Crippen LogP contribution in [0.5, 0.6) is 0 Å². The van der Waals surface area contributed by atoms with Crippen LogP contribution in [-0.4, -0.2) is 38.0 Å². The number of hydrogen-bond donors (Lipinski definition) is 2. The van der Waals surface area contributed by atoms with Gasteiger partial charge in [0.25, 0.3) is 0 Å². The zero-order chi connectivity index (χ0) is 11.5. The third kappa shape index (κ3) is 3.35. The third-order valence-corrected chi connectivity index (χ3v) is 4.64. The monoisotopic (exact) mass is 253 g/mol. The normalized spacial score (nSPS) is 23.7. The van der Waals surface area contributed by atoms with E-state index in [2.05, 4.69) is 22.1 Å². The average Bonchev–Trinajstić information content (AvgIpc) is 2.68. The molecule has 1 saturated heterocycles. The molecule has 15 heavy (non-hydrogen) atoms. The molecule has 1 fully saturated rings. The van der Waals surface area contributed by atoms with Gasteiger partial charge in [-0.3, -0.25) is 0 Å². The molecule has 0 aliphatic carbocycles. The molecule has 0 bridgehead atoms. The molecule has 1 N–H and O–H groups in total. The van der Waals surface area contributed by atoms with Gasteiger partial charge in [0.2, 0.25) is 0 Å². The van der Waals surface area contributed by atoms with Crippen molar-refractivity contribution in [2.24, 2.45) is 0 Å². The summed E-state index contributed by atoms with van der Waals surface area (Å²) in [5, 5.41) is 2.11. The van der Waals surface area contributed by atoms with Crippen LogP contribution in [0.15, 0.2) is 0 Å². The van der Waals surface area contributed by atoms with Crippen LogP contribution < -0.4 is 5.32 Å². The van der Waals surface area contributed by atoms with E-state index in [4.69, 9.17) is 0 Å². The topological polar surface area (TPSA) is 72.5 Å². The Bertz CT molecular complexity index is 322. The van der Waals surface area contributed by atoms with Crippen LogP contribution in [0.25, 0.3) is 0 Å². The quantitative estimate of drug-likeness (QED) is 0.542. The minimum atomic E-state index is -3.81. The molecule has 88 valence electrons. The highest BCUT2D eigenvalue weighted by atomic mass is 32.2. The molecule has 0 spiro atoms. The van der Waals surface area contributed by atoms with Crippen molar-refractivity contribution in [1.29, 1.82) is 0 Å². The Kier molecular flexibility index (Phi) is 4.42. The predicted octanol–water partition coefficient (Wildman–Crippen LogP) is -0.0703. The van der Waals surface area contributed by atoms with E-state index < -0.39 is 27.4 Å². The zero-order valence-corrected chi connectivity index (χ0v) is 10.2. The van der Waals surface area contributed by atoms with E-state index in [1.165, 1.54) is 6.92 Å². The largest absolute Gasteiger partial charge is 0.344 e. The van der Waals surface area contributed by atoms with Crippen LogP contribution in [0.3, 0.4) is 0 Å². The summed E-state index contributed by atoms with van der Waals surface area (Å²) in [7, 11) is -3.81. The van der Waals surface area contributed by atoms with Gasteiger partial charge in [0, 0.05) is 5.75 Å². The van der Waals surface area contributed by atoms with Gasteiger partial charge >= 0.3 is 16.1 Å². The van der Waals surface area contributed by atoms with Crippen molar-refractivity contribution in [3.8, 4) is 0 Å². The number of hydrogen-bond acceptors (Lipinski definition) is 6. The Balaban J connectivity index is 2.57. The first kappa shape index (κ1) is 12.8. The summed E-state index contributed by atoms with van der Waals surface area (Å²) >= 11 is 3.86. The van der Waals surface area contributed by atoms with Crippen LogP contribution in [0, 0.1) is 0 Å². The summed E-state index contributed by atoms with van der Waals surface area (Å²) in [6.45, 7) is 2.18. The summed E-state index contributed by atoms with van der Waals surface area (Å²) in [4.78, 5) is 11.4. The lowest BCUT2D eigenvalue weighted by molar-refractivity contribution is -0.135. The van der Waals surface area contributed by atoms with Gasteiger partial charge in [-0.15, -0.1) is 0 Å². The molecule has 0 aromatic heterocycles. The summed E-state index contributed by atoms with van der Waals surface area (Å²) < 4.78 is 27.3. The molecule has 0 radical (unpaired) electrons. The van der Waals surface area contributed by atoms with Crippen molar-refractivity contribution in [3.05, 3.63) is 0 Å². The molecule has 0 aromatic rings. The van der Waals surface area contributed by atoms with Gasteiger partial charge in [0.15, 0.2) is 0 Å². The Morgan fingerprint density at radius 2 is 2.33 bits per heavy atom. The average molecular weight is 253 g/mol. The first-order valence-electron chi connectivity index (χ1n) is 4.78. The molecule has 0 saturated carbocycles. The van der Waals surface area contributed by atoms with E-state index in [1.807, 2.05) is 0 Å². The van der Waals surface area contributed by atoms with Gasteiger partial charge in [-0.25, -0.2) is 4.79 Å². The van der Waals surface area contributed by atoms with E-state index >= 15 is 0 Å². The van der Waals surface area contributed by atoms with Gasteiger partial charge in [0.1, 0.15) is 11.3 Å². The molecule has 1 heterocycles. The molecular formula is C8H15NO4S2. The van der Waals surface area contributed by atoms with Crippen molar-refractivity contribution in [2.75, 3.05) is 12.3 Å². The molecule has 1 unspecified atom stereocenters. The van der Waals surface area contributed by atoms with E-state index in [-0.39, 0.29) is 5.75 Å². The maximum absolute atomic E-state index is 11.4. The van der Waals surface area contributed by atoms with Crippen LogP contribution in [0.2, 0.25) is 0 Å². The highest BCUT2D eigenvalue weighted by Crippen LogP contribution is 2.11. The summed E-state index contributed by atoms with van der Waals surface area (Å²) in [5.74, 6) is -0.575. The molecular weight excluding hydrogens is 238 g/mol. The lowest BCUT2D eigenvalue weighted by Crippen LogP contribution is -2.36. The lowest BCUT2D eigenvalue weighted by Gasteiger charge is -2.13. The van der Waals surface area contributed by atoms with Gasteiger partial charge in [-0.2, -0.15) is 21.0 Å². The zero-order valence-electron chi connectivity index (χ0n) is 8.47. The van der Waals surface area contributed by atoms with E-state index in [1.54, 1.807) is 0 Å². The molecule has 1 aliphatic heterocycles. The summed E-state index contributed by atoms with van der Waals surface area (Å²) in [5.41, 5.74) is 0. The standard InChI is InChI=1S/C8H15NO4S2/c1-6(5-14)15(11,12)13-8(10)7-3-2-4-9-7/h6-7,9,14H,2-5H2,1H3/t6?,7-/m0/s1. The van der Waals surface area contributed by atoms with Gasteiger partial charge in [0.05, 0.1) is 0 Å². The number of rotatable bonds is 4. The van der Waals surface area contributed by atoms with E-state index in [0.717, 1.165) is 13.0 Å². The number of carbonyl (C=O) groups is 1. The van der Waals surface area contributed by atoms with Gasteiger partial charge in [-0.1, -0.05) is 0 Å². The van der Waals surface area contributed by atoms with Crippen LogP contribution in [-0.2, 0) is 19.1 Å². The highest BCUT2D eigenvalue weighted by Gasteiger charge is 2.30. The fourth-order valence-electron chi connectivity index (χ4n) is 1.23. The molecule has 1 rings (SSSR count). The van der Waals surface area contributed by atoms with E-state index in [9.17, 15) is 13.2 Å². The Morgan fingerprint density at radius 1 is 1.67 bits per heavy atom. The van der Waals surface area contributed by atoms with E-state index in [0.29, 0.717) is 6.42 Å². The minimum Gasteiger partial charge on any atom is -0.344 e. The Morgan fingerprint density at radius 3 is 2.80 bits per heavy atom. The summed E-state index contributed by atoms with van der Waals surface area (Å²) in [6.07, 6.45) is 1.49. The molecule has 7 heteroatoms. The molecule has 2 atom stereocenters. The van der Waals surface area contributed by atoms with Gasteiger partial charge < -0.3 is 9.50 Å². The number of nitrogens with one attached hydrogen (secondary N) is 1. The predicted molar refractivity (Wildman–Crippen MR) is 59.4 cm³/mol.